The van der Waals surface area contributed by atoms with Crippen LogP contribution < -0.4 is 17.2 Å². The molecule has 0 radical (unpaired) electrons. The predicted octanol–water partition coefficient (Wildman–Crippen LogP) is 0.778. The first-order valence-electron chi connectivity index (χ1n) is 3.16. The van der Waals surface area contributed by atoms with Crippen molar-refractivity contribution in [2.45, 2.75) is 6.30 Å². The number of hydrogen-bond donors (Lipinski definition) is 3. The first kappa shape index (κ1) is 7.81. The van der Waals surface area contributed by atoms with Gasteiger partial charge in [0.15, 0.2) is 6.30 Å². The van der Waals surface area contributed by atoms with Crippen molar-refractivity contribution >= 4 is 11.4 Å². The zero-order valence-corrected chi connectivity index (χ0v) is 5.92. The van der Waals surface area contributed by atoms with Crippen LogP contribution in [0.2, 0.25) is 0 Å². The highest BCUT2D eigenvalue weighted by Gasteiger charge is 2.10. The zero-order chi connectivity index (χ0) is 8.43. The van der Waals surface area contributed by atoms with E-state index >= 15 is 0 Å². The average molecular weight is 155 g/mol. The first-order chi connectivity index (χ1) is 5.13. The molecule has 4 heteroatoms. The van der Waals surface area contributed by atoms with Gasteiger partial charge in [-0.1, -0.05) is 6.07 Å². The van der Waals surface area contributed by atoms with E-state index in [1.165, 1.54) is 0 Å². The van der Waals surface area contributed by atoms with Crippen LogP contribution in [0, 0.1) is 0 Å². The third-order valence-corrected chi connectivity index (χ3v) is 1.45. The minimum Gasteiger partial charge on any atom is -0.398 e. The van der Waals surface area contributed by atoms with Crippen LogP contribution in [0.25, 0.3) is 0 Å². The highest BCUT2D eigenvalue weighted by Crippen LogP contribution is 2.25. The molecule has 0 aromatic heterocycles. The molecular formula is C7H10FN3. The van der Waals surface area contributed by atoms with Crippen molar-refractivity contribution in [3.05, 3.63) is 23.8 Å². The Balaban J connectivity index is 3.21. The molecule has 0 heterocycles. The fourth-order valence-corrected chi connectivity index (χ4v) is 0.920. The average Bonchev–Trinajstić information content (AvgIpc) is 1.85. The molecule has 60 valence electrons. The summed E-state index contributed by atoms with van der Waals surface area (Å²) >= 11 is 0. The number of benzene rings is 1. The van der Waals surface area contributed by atoms with Gasteiger partial charge in [0.2, 0.25) is 0 Å². The second-order valence-electron chi connectivity index (χ2n) is 2.25. The molecule has 1 aromatic rings. The Morgan fingerprint density at radius 2 is 1.64 bits per heavy atom. The van der Waals surface area contributed by atoms with Gasteiger partial charge in [-0.3, -0.25) is 5.73 Å². The minimum absolute atomic E-state index is 0.174. The van der Waals surface area contributed by atoms with Gasteiger partial charge in [0, 0.05) is 16.9 Å². The summed E-state index contributed by atoms with van der Waals surface area (Å²) in [6, 6.07) is 4.77. The smallest absolute Gasteiger partial charge is 0.178 e. The Hall–Kier alpha value is -1.29. The lowest BCUT2D eigenvalue weighted by Gasteiger charge is -2.08. The van der Waals surface area contributed by atoms with Crippen LogP contribution in [0.3, 0.4) is 0 Å². The van der Waals surface area contributed by atoms with Gasteiger partial charge in [0.05, 0.1) is 0 Å². The first-order valence-corrected chi connectivity index (χ1v) is 3.16. The van der Waals surface area contributed by atoms with Crippen molar-refractivity contribution in [1.82, 2.24) is 0 Å². The van der Waals surface area contributed by atoms with Gasteiger partial charge >= 0.3 is 0 Å². The van der Waals surface area contributed by atoms with E-state index in [0.717, 1.165) is 0 Å². The van der Waals surface area contributed by atoms with Crippen LogP contribution in [-0.2, 0) is 0 Å². The van der Waals surface area contributed by atoms with Gasteiger partial charge in [0.1, 0.15) is 0 Å². The number of alkyl halides is 1. The van der Waals surface area contributed by atoms with E-state index in [0.29, 0.717) is 11.4 Å². The minimum atomic E-state index is -1.60. The van der Waals surface area contributed by atoms with Crippen LogP contribution in [-0.4, -0.2) is 0 Å². The molecule has 0 aliphatic heterocycles. The maximum absolute atomic E-state index is 12.6. The normalized spacial score (nSPS) is 12.9. The lowest BCUT2D eigenvalue weighted by atomic mass is 10.1. The Bertz CT molecular complexity index is 240. The second kappa shape index (κ2) is 2.75. The molecule has 1 rings (SSSR count). The topological polar surface area (TPSA) is 78.1 Å². The summed E-state index contributed by atoms with van der Waals surface area (Å²) in [5.74, 6) is 0. The summed E-state index contributed by atoms with van der Waals surface area (Å²) in [4.78, 5) is 0. The van der Waals surface area contributed by atoms with Gasteiger partial charge < -0.3 is 11.5 Å². The molecule has 0 fully saturated rings. The van der Waals surface area contributed by atoms with E-state index in [2.05, 4.69) is 0 Å². The SMILES string of the molecule is Nc1cccc(N)c1C(N)F. The lowest BCUT2D eigenvalue weighted by molar-refractivity contribution is 0.358. The van der Waals surface area contributed by atoms with Crippen LogP contribution in [0.15, 0.2) is 18.2 Å². The molecule has 0 aliphatic carbocycles. The molecule has 0 saturated heterocycles. The predicted molar refractivity (Wildman–Crippen MR) is 43.3 cm³/mol. The Kier molecular flexibility index (Phi) is 1.96. The summed E-state index contributed by atoms with van der Waals surface area (Å²) in [6.07, 6.45) is -1.60. The van der Waals surface area contributed by atoms with Crippen LogP contribution in [0.1, 0.15) is 11.9 Å². The monoisotopic (exact) mass is 155 g/mol. The van der Waals surface area contributed by atoms with Gasteiger partial charge in [-0.05, 0) is 12.1 Å². The molecule has 0 amide bonds. The molecule has 1 aromatic carbocycles. The van der Waals surface area contributed by atoms with Gasteiger partial charge in [0.25, 0.3) is 0 Å². The third kappa shape index (κ3) is 1.40. The number of nitrogen functional groups attached to an aromatic ring is 2. The van der Waals surface area contributed by atoms with E-state index < -0.39 is 6.30 Å². The molecule has 0 spiro atoms. The summed E-state index contributed by atoms with van der Waals surface area (Å²) in [5, 5.41) is 0. The van der Waals surface area contributed by atoms with Gasteiger partial charge in [-0.2, -0.15) is 0 Å². The van der Waals surface area contributed by atoms with Crippen molar-refractivity contribution in [3.8, 4) is 0 Å². The highest BCUT2D eigenvalue weighted by atomic mass is 19.1. The maximum Gasteiger partial charge on any atom is 0.178 e. The maximum atomic E-state index is 12.6. The van der Waals surface area contributed by atoms with Crippen LogP contribution in [0.5, 0.6) is 0 Å². The van der Waals surface area contributed by atoms with Crippen molar-refractivity contribution in [1.29, 1.82) is 0 Å². The molecule has 3 nitrogen and oxygen atoms in total. The number of anilines is 2. The van der Waals surface area contributed by atoms with E-state index in [4.69, 9.17) is 17.2 Å². The summed E-state index contributed by atoms with van der Waals surface area (Å²) in [7, 11) is 0. The van der Waals surface area contributed by atoms with E-state index in [-0.39, 0.29) is 5.56 Å². The molecule has 0 saturated carbocycles. The standard InChI is InChI=1S/C7H10FN3/c8-7(11)6-4(9)2-1-3-5(6)10/h1-3,7H,9-11H2. The summed E-state index contributed by atoms with van der Waals surface area (Å²) in [6.45, 7) is 0. The Morgan fingerprint density at radius 3 is 1.91 bits per heavy atom. The number of halogens is 1. The quantitative estimate of drug-likeness (QED) is 0.414. The van der Waals surface area contributed by atoms with Gasteiger partial charge in [-0.25, -0.2) is 4.39 Å². The van der Waals surface area contributed by atoms with Crippen LogP contribution >= 0.6 is 0 Å². The summed E-state index contributed by atoms with van der Waals surface area (Å²) in [5.41, 5.74) is 16.6. The van der Waals surface area contributed by atoms with Crippen molar-refractivity contribution in [2.24, 2.45) is 5.73 Å². The Morgan fingerprint density at radius 1 is 1.18 bits per heavy atom. The molecule has 11 heavy (non-hydrogen) atoms. The fourth-order valence-electron chi connectivity index (χ4n) is 0.920. The molecule has 1 unspecified atom stereocenters. The van der Waals surface area contributed by atoms with Crippen molar-refractivity contribution in [2.75, 3.05) is 11.5 Å². The van der Waals surface area contributed by atoms with Crippen molar-refractivity contribution < 1.29 is 4.39 Å². The molecule has 6 N–H and O–H groups in total. The molecule has 1 atom stereocenters. The van der Waals surface area contributed by atoms with Crippen molar-refractivity contribution in [3.63, 3.8) is 0 Å². The zero-order valence-electron chi connectivity index (χ0n) is 5.92. The second-order valence-corrected chi connectivity index (χ2v) is 2.25. The summed E-state index contributed by atoms with van der Waals surface area (Å²) < 4.78 is 12.6. The van der Waals surface area contributed by atoms with Crippen LogP contribution in [0.4, 0.5) is 15.8 Å². The number of rotatable bonds is 1. The lowest BCUT2D eigenvalue weighted by Crippen LogP contribution is -2.09. The third-order valence-electron chi connectivity index (χ3n) is 1.45. The molecule has 0 aliphatic rings. The molecule has 0 bridgehead atoms. The highest BCUT2D eigenvalue weighted by molar-refractivity contribution is 5.61. The Labute approximate surface area is 64.0 Å². The number of hydrogen-bond acceptors (Lipinski definition) is 3. The molecular weight excluding hydrogens is 145 g/mol. The van der Waals surface area contributed by atoms with E-state index in [1.807, 2.05) is 0 Å². The fraction of sp³-hybridized carbons (Fsp3) is 0.143. The number of nitrogens with two attached hydrogens (primary N) is 3. The largest absolute Gasteiger partial charge is 0.398 e. The van der Waals surface area contributed by atoms with Gasteiger partial charge in [-0.15, -0.1) is 0 Å². The van der Waals surface area contributed by atoms with E-state index in [9.17, 15) is 4.39 Å². The van der Waals surface area contributed by atoms with E-state index in [1.54, 1.807) is 18.2 Å².